The van der Waals surface area contributed by atoms with Crippen molar-refractivity contribution in [1.82, 2.24) is 0 Å². The molecule has 0 aromatic carbocycles. The predicted molar refractivity (Wildman–Crippen MR) is 125 cm³/mol. The molecule has 3 aliphatic carbocycles. The van der Waals surface area contributed by atoms with E-state index >= 15 is 0 Å². The number of aliphatic hydroxyl groups is 4. The minimum Gasteiger partial charge on any atom is -0.393 e. The highest BCUT2D eigenvalue weighted by molar-refractivity contribution is 5.38. The molecule has 0 radical (unpaired) electrons. The van der Waals surface area contributed by atoms with Gasteiger partial charge in [0.2, 0.25) is 0 Å². The molecule has 0 amide bonds. The van der Waals surface area contributed by atoms with Gasteiger partial charge in [0.1, 0.15) is 0 Å². The van der Waals surface area contributed by atoms with Crippen LogP contribution in [-0.4, -0.2) is 44.3 Å². The van der Waals surface area contributed by atoms with Crippen molar-refractivity contribution in [3.8, 4) is 0 Å². The van der Waals surface area contributed by atoms with Crippen LogP contribution in [0.5, 0.6) is 0 Å². The molecular weight excluding hydrogens is 388 g/mol. The van der Waals surface area contributed by atoms with Gasteiger partial charge in [-0.2, -0.15) is 0 Å². The molecule has 7 atom stereocenters. The van der Waals surface area contributed by atoms with Crippen LogP contribution in [0.2, 0.25) is 0 Å². The predicted octanol–water partition coefficient (Wildman–Crippen LogP) is 4.68. The van der Waals surface area contributed by atoms with Crippen molar-refractivity contribution in [3.05, 3.63) is 35.5 Å². The molecule has 0 spiro atoms. The smallest absolute Gasteiger partial charge is 0.0849 e. The van der Waals surface area contributed by atoms with Gasteiger partial charge in [-0.1, -0.05) is 38.2 Å². The first-order chi connectivity index (χ1) is 14.4. The van der Waals surface area contributed by atoms with Crippen LogP contribution in [-0.2, 0) is 0 Å². The highest BCUT2D eigenvalue weighted by Crippen LogP contribution is 2.60. The van der Waals surface area contributed by atoms with Gasteiger partial charge in [0.15, 0.2) is 0 Å². The summed E-state index contributed by atoms with van der Waals surface area (Å²) < 4.78 is 0. The lowest BCUT2D eigenvalue weighted by Gasteiger charge is -2.44. The summed E-state index contributed by atoms with van der Waals surface area (Å²) in [4.78, 5) is 0. The SMILES string of the molecule is C=C1/C(=C\C=C2/CCC[C@@]3(C)C2CC[C@@H]3[C@H](C)CC[C@@H](O)C(C)(C)O)C[C@@H](O)C[C@@H]1O. The third kappa shape index (κ3) is 5.35. The van der Waals surface area contributed by atoms with Gasteiger partial charge < -0.3 is 20.4 Å². The monoisotopic (exact) mass is 432 g/mol. The molecule has 4 heteroatoms. The molecule has 0 aromatic rings. The van der Waals surface area contributed by atoms with Crippen molar-refractivity contribution in [3.63, 3.8) is 0 Å². The second kappa shape index (κ2) is 9.51. The highest BCUT2D eigenvalue weighted by Gasteiger charge is 2.50. The summed E-state index contributed by atoms with van der Waals surface area (Å²) in [5.41, 5.74) is 2.48. The second-order valence-electron chi connectivity index (χ2n) is 11.4. The summed E-state index contributed by atoms with van der Waals surface area (Å²) in [5.74, 6) is 1.74. The lowest BCUT2D eigenvalue weighted by molar-refractivity contribution is -0.0554. The van der Waals surface area contributed by atoms with Gasteiger partial charge in [-0.25, -0.2) is 0 Å². The van der Waals surface area contributed by atoms with Gasteiger partial charge in [0, 0.05) is 6.42 Å². The number of allylic oxidation sites excluding steroid dienone is 3. The molecule has 0 aromatic heterocycles. The van der Waals surface area contributed by atoms with Crippen LogP contribution < -0.4 is 0 Å². The van der Waals surface area contributed by atoms with Crippen LogP contribution in [0, 0.1) is 23.2 Å². The van der Waals surface area contributed by atoms with Crippen LogP contribution in [0.3, 0.4) is 0 Å². The average Bonchev–Trinajstić information content (AvgIpc) is 3.04. The Morgan fingerprint density at radius 3 is 2.58 bits per heavy atom. The van der Waals surface area contributed by atoms with E-state index in [2.05, 4.69) is 32.6 Å². The number of aliphatic hydroxyl groups excluding tert-OH is 3. The average molecular weight is 433 g/mol. The normalized spacial score (nSPS) is 39.0. The number of rotatable bonds is 6. The third-order valence-electron chi connectivity index (χ3n) is 8.70. The van der Waals surface area contributed by atoms with E-state index in [1.807, 2.05) is 0 Å². The van der Waals surface area contributed by atoms with Gasteiger partial charge >= 0.3 is 0 Å². The summed E-state index contributed by atoms with van der Waals surface area (Å²) in [6.45, 7) is 12.2. The first kappa shape index (κ1) is 24.7. The highest BCUT2D eigenvalue weighted by atomic mass is 16.3. The summed E-state index contributed by atoms with van der Waals surface area (Å²) in [7, 11) is 0. The topological polar surface area (TPSA) is 80.9 Å². The Balaban J connectivity index is 1.71. The maximum absolute atomic E-state index is 10.3. The molecule has 0 aliphatic heterocycles. The van der Waals surface area contributed by atoms with Gasteiger partial charge in [0.25, 0.3) is 0 Å². The second-order valence-corrected chi connectivity index (χ2v) is 11.4. The van der Waals surface area contributed by atoms with Crippen molar-refractivity contribution >= 4 is 0 Å². The van der Waals surface area contributed by atoms with E-state index in [1.54, 1.807) is 13.8 Å². The largest absolute Gasteiger partial charge is 0.393 e. The molecular formula is C27H44O4. The van der Waals surface area contributed by atoms with E-state index < -0.39 is 23.9 Å². The quantitative estimate of drug-likeness (QED) is 0.491. The lowest BCUT2D eigenvalue weighted by atomic mass is 9.60. The van der Waals surface area contributed by atoms with Crippen LogP contribution in [0.1, 0.15) is 85.5 Å². The minimum atomic E-state index is -1.04. The zero-order valence-corrected chi connectivity index (χ0v) is 20.0. The fraction of sp³-hybridized carbons (Fsp3) is 0.778. The number of hydrogen-bond donors (Lipinski definition) is 4. The molecule has 0 bridgehead atoms. The molecule has 31 heavy (non-hydrogen) atoms. The molecule has 3 fully saturated rings. The Morgan fingerprint density at radius 2 is 1.90 bits per heavy atom. The Labute approximate surface area is 188 Å². The maximum Gasteiger partial charge on any atom is 0.0849 e. The van der Waals surface area contributed by atoms with Crippen molar-refractivity contribution in [2.24, 2.45) is 23.2 Å². The van der Waals surface area contributed by atoms with Crippen LogP contribution in [0.4, 0.5) is 0 Å². The first-order valence-corrected chi connectivity index (χ1v) is 12.3. The Morgan fingerprint density at radius 1 is 1.19 bits per heavy atom. The Bertz CT molecular complexity index is 715. The molecule has 4 N–H and O–H groups in total. The molecule has 176 valence electrons. The van der Waals surface area contributed by atoms with Crippen LogP contribution >= 0.6 is 0 Å². The van der Waals surface area contributed by atoms with E-state index in [0.717, 1.165) is 24.0 Å². The van der Waals surface area contributed by atoms with Gasteiger partial charge in [0.05, 0.1) is 23.9 Å². The number of hydrogen-bond acceptors (Lipinski definition) is 4. The summed E-state index contributed by atoms with van der Waals surface area (Å²) in [6.07, 6.45) is 11.1. The van der Waals surface area contributed by atoms with E-state index in [4.69, 9.17) is 0 Å². The number of fused-ring (bicyclic) bond motifs is 1. The molecule has 3 saturated carbocycles. The molecule has 0 saturated heterocycles. The molecule has 4 nitrogen and oxygen atoms in total. The maximum atomic E-state index is 10.3. The van der Waals surface area contributed by atoms with Gasteiger partial charge in [-0.15, -0.1) is 0 Å². The summed E-state index contributed by atoms with van der Waals surface area (Å²) >= 11 is 0. The van der Waals surface area contributed by atoms with Crippen LogP contribution in [0.15, 0.2) is 35.5 Å². The fourth-order valence-electron chi connectivity index (χ4n) is 6.65. The standard InChI is InChI=1S/C27H44O4/c1-17(8-13-25(30)26(3,4)31)22-11-12-23-19(7-6-14-27(22,23)5)9-10-20-15-21(28)16-24(29)18(20)2/h9-10,17,21-25,28-31H,2,6-8,11-16H2,1,3-5H3/b19-9+,20-10-/t17-,21-,22-,23?,24+,25-,27-/m1/s1. The molecule has 3 aliphatic rings. The lowest BCUT2D eigenvalue weighted by Crippen LogP contribution is -2.38. The van der Waals surface area contributed by atoms with Crippen molar-refractivity contribution in [1.29, 1.82) is 0 Å². The van der Waals surface area contributed by atoms with Gasteiger partial charge in [-0.3, -0.25) is 0 Å². The van der Waals surface area contributed by atoms with E-state index in [1.165, 1.54) is 31.3 Å². The summed E-state index contributed by atoms with van der Waals surface area (Å²) in [6, 6.07) is 0. The zero-order chi connectivity index (χ0) is 23.0. The van der Waals surface area contributed by atoms with E-state index in [9.17, 15) is 20.4 Å². The van der Waals surface area contributed by atoms with Crippen molar-refractivity contribution in [2.75, 3.05) is 0 Å². The van der Waals surface area contributed by atoms with E-state index in [-0.39, 0.29) is 5.41 Å². The Hall–Kier alpha value is -0.940. The fourth-order valence-corrected chi connectivity index (χ4v) is 6.65. The third-order valence-corrected chi connectivity index (χ3v) is 8.70. The minimum absolute atomic E-state index is 0.282. The molecule has 1 unspecified atom stereocenters. The van der Waals surface area contributed by atoms with Crippen molar-refractivity contribution in [2.45, 2.75) is 109 Å². The first-order valence-electron chi connectivity index (χ1n) is 12.3. The zero-order valence-electron chi connectivity index (χ0n) is 20.0. The molecule has 0 heterocycles. The van der Waals surface area contributed by atoms with Crippen LogP contribution in [0.25, 0.3) is 0 Å². The van der Waals surface area contributed by atoms with E-state index in [0.29, 0.717) is 37.0 Å². The van der Waals surface area contributed by atoms with Crippen molar-refractivity contribution < 1.29 is 20.4 Å². The summed E-state index contributed by atoms with van der Waals surface area (Å²) in [5, 5.41) is 40.5. The Kier molecular flexibility index (Phi) is 7.57. The molecule has 3 rings (SSSR count). The van der Waals surface area contributed by atoms with Gasteiger partial charge in [-0.05, 0) is 99.5 Å².